The van der Waals surface area contributed by atoms with Crippen molar-refractivity contribution in [3.05, 3.63) is 97.2 Å². The predicted molar refractivity (Wildman–Crippen MR) is 288 cm³/mol. The lowest BCUT2D eigenvalue weighted by atomic mass is 10.1. The Morgan fingerprint density at radius 1 is 0.364 bits per heavy atom. The molecule has 0 aliphatic rings. The lowest BCUT2D eigenvalue weighted by Gasteiger charge is -2.15. The number of carbonyl (C=O) groups excluding carboxylic acids is 2. The topological polar surface area (TPSA) is 72.8 Å². The van der Waals surface area contributed by atoms with Gasteiger partial charge in [0.15, 0.2) is 6.10 Å². The number of aliphatic hydroxyl groups excluding tert-OH is 1. The van der Waals surface area contributed by atoms with Crippen LogP contribution >= 0.6 is 0 Å². The zero-order valence-electron chi connectivity index (χ0n) is 43.2. The molecule has 0 bridgehead atoms. The maximum absolute atomic E-state index is 12.3. The maximum Gasteiger partial charge on any atom is 0.306 e. The molecule has 0 aromatic heterocycles. The van der Waals surface area contributed by atoms with Crippen LogP contribution in [0.5, 0.6) is 0 Å². The quantitative estimate of drug-likeness (QED) is 0.0374. The fraction of sp³-hybridized carbons (Fsp3) is 0.705. The Balaban J connectivity index is 3.55. The van der Waals surface area contributed by atoms with Crippen molar-refractivity contribution in [3.8, 4) is 0 Å². The van der Waals surface area contributed by atoms with Crippen molar-refractivity contribution >= 4 is 11.9 Å². The molecule has 1 N–H and O–H groups in total. The van der Waals surface area contributed by atoms with Gasteiger partial charge in [-0.1, -0.05) is 246 Å². The van der Waals surface area contributed by atoms with E-state index in [1.807, 2.05) is 0 Å². The molecule has 0 spiro atoms. The molecule has 0 radical (unpaired) electrons. The monoisotopic (exact) mass is 917 g/mol. The molecule has 1 unspecified atom stereocenters. The lowest BCUT2D eigenvalue weighted by molar-refractivity contribution is -0.161. The molecule has 5 nitrogen and oxygen atoms in total. The van der Waals surface area contributed by atoms with Crippen LogP contribution in [0.25, 0.3) is 0 Å². The number of unbranched alkanes of at least 4 members (excludes halogenated alkanes) is 26. The first-order valence-corrected chi connectivity index (χ1v) is 27.8. The minimum Gasteiger partial charge on any atom is -0.462 e. The largest absolute Gasteiger partial charge is 0.462 e. The number of carbonyl (C=O) groups is 2. The van der Waals surface area contributed by atoms with Crippen molar-refractivity contribution in [1.29, 1.82) is 0 Å². The van der Waals surface area contributed by atoms with E-state index in [4.69, 9.17) is 9.47 Å². The van der Waals surface area contributed by atoms with Crippen LogP contribution in [0.4, 0.5) is 0 Å². The molecule has 0 saturated heterocycles. The first kappa shape index (κ1) is 62.8. The molecule has 0 heterocycles. The second-order valence-electron chi connectivity index (χ2n) is 18.3. The van der Waals surface area contributed by atoms with Crippen LogP contribution < -0.4 is 0 Å². The van der Waals surface area contributed by atoms with Crippen LogP contribution in [0, 0.1) is 0 Å². The van der Waals surface area contributed by atoms with Crippen LogP contribution in [0.2, 0.25) is 0 Å². The van der Waals surface area contributed by atoms with E-state index in [0.29, 0.717) is 12.8 Å². The molecule has 0 aliphatic heterocycles. The van der Waals surface area contributed by atoms with E-state index in [2.05, 4.69) is 111 Å². The summed E-state index contributed by atoms with van der Waals surface area (Å²) >= 11 is 0. The highest BCUT2D eigenvalue weighted by Crippen LogP contribution is 2.15. The van der Waals surface area contributed by atoms with Gasteiger partial charge in [0.1, 0.15) is 6.61 Å². The summed E-state index contributed by atoms with van der Waals surface area (Å²) in [5.74, 6) is -0.599. The number of hydrogen-bond donors (Lipinski definition) is 1. The van der Waals surface area contributed by atoms with E-state index in [1.54, 1.807) is 0 Å². The summed E-state index contributed by atoms with van der Waals surface area (Å²) < 4.78 is 10.7. The minimum atomic E-state index is -0.782. The molecule has 5 heteroatoms. The average molecular weight is 917 g/mol. The first-order valence-electron chi connectivity index (χ1n) is 27.8. The van der Waals surface area contributed by atoms with Gasteiger partial charge in [0.05, 0.1) is 6.61 Å². The molecule has 378 valence electrons. The number of allylic oxidation sites excluding steroid dienone is 16. The summed E-state index contributed by atoms with van der Waals surface area (Å²) in [6.45, 7) is 4.03. The van der Waals surface area contributed by atoms with Crippen LogP contribution in [0.1, 0.15) is 258 Å². The average Bonchev–Trinajstić information content (AvgIpc) is 3.32. The van der Waals surface area contributed by atoms with Gasteiger partial charge >= 0.3 is 11.9 Å². The fourth-order valence-electron chi connectivity index (χ4n) is 7.71. The molecule has 0 fully saturated rings. The first-order chi connectivity index (χ1) is 32.6. The fourth-order valence-corrected chi connectivity index (χ4v) is 7.71. The minimum absolute atomic E-state index is 0.0727. The highest BCUT2D eigenvalue weighted by Gasteiger charge is 2.16. The van der Waals surface area contributed by atoms with E-state index in [-0.39, 0.29) is 25.2 Å². The summed E-state index contributed by atoms with van der Waals surface area (Å²) in [4.78, 5) is 24.5. The third-order valence-corrected chi connectivity index (χ3v) is 11.9. The standard InChI is InChI=1S/C61H104O5/c1-3-5-7-9-11-13-15-17-19-21-23-25-26-27-28-29-30-31-32-33-34-36-38-40-42-44-46-48-50-52-54-56-61(64)66-59(57-62)58-65-60(63)55-53-51-49-47-45-43-41-39-37-35-24-22-20-18-16-14-12-10-8-6-4-2/h5,7,11,13,17,19,22-25,27-28,30-31,33-34,59,62H,3-4,6,8-10,12,14-16,18,20-21,26,29,32,35-58H2,1-2H3/b7-5-,13-11-,19-17-,24-22-,25-23-,28-27-,31-30-,34-33-. The van der Waals surface area contributed by atoms with Crippen molar-refractivity contribution in [2.24, 2.45) is 0 Å². The molecule has 0 rings (SSSR count). The van der Waals surface area contributed by atoms with E-state index in [0.717, 1.165) is 89.9 Å². The highest BCUT2D eigenvalue weighted by molar-refractivity contribution is 5.70. The van der Waals surface area contributed by atoms with Gasteiger partial charge < -0.3 is 14.6 Å². The summed E-state index contributed by atoms with van der Waals surface area (Å²) in [5.41, 5.74) is 0. The molecular formula is C61H104O5. The molecule has 0 aromatic rings. The molecule has 1 atom stereocenters. The summed E-state index contributed by atoms with van der Waals surface area (Å²) in [6, 6.07) is 0. The van der Waals surface area contributed by atoms with Crippen LogP contribution in [0.15, 0.2) is 97.2 Å². The number of hydrogen-bond acceptors (Lipinski definition) is 5. The molecule has 66 heavy (non-hydrogen) atoms. The van der Waals surface area contributed by atoms with Gasteiger partial charge in [-0.05, 0) is 96.3 Å². The van der Waals surface area contributed by atoms with E-state index in [9.17, 15) is 14.7 Å². The summed E-state index contributed by atoms with van der Waals surface area (Å²) in [5, 5.41) is 9.65. The van der Waals surface area contributed by atoms with Crippen LogP contribution in [-0.4, -0.2) is 36.4 Å². The summed E-state index contributed by atoms with van der Waals surface area (Å²) in [7, 11) is 0. The van der Waals surface area contributed by atoms with Crippen molar-refractivity contribution in [2.45, 2.75) is 264 Å². The number of esters is 2. The SMILES string of the molecule is CC/C=C\C/C=C\C/C=C\C/C=C\C/C=C\C/C=C\C/C=C\CCCCCCCCCCCC(=O)OC(CO)COC(=O)CCCCCCCCCCC/C=C\CCCCCCCCCC. The molecule has 0 aromatic carbocycles. The zero-order valence-corrected chi connectivity index (χ0v) is 43.2. The van der Waals surface area contributed by atoms with Gasteiger partial charge in [-0.2, -0.15) is 0 Å². The molecular weight excluding hydrogens is 813 g/mol. The van der Waals surface area contributed by atoms with Crippen molar-refractivity contribution in [2.75, 3.05) is 13.2 Å². The highest BCUT2D eigenvalue weighted by atomic mass is 16.6. The van der Waals surface area contributed by atoms with Gasteiger partial charge in [0, 0.05) is 12.8 Å². The van der Waals surface area contributed by atoms with E-state index >= 15 is 0 Å². The Bertz CT molecular complexity index is 1270. The predicted octanol–water partition coefficient (Wildman–Crippen LogP) is 18.7. The van der Waals surface area contributed by atoms with Crippen molar-refractivity contribution < 1.29 is 24.2 Å². The third kappa shape index (κ3) is 53.4. The van der Waals surface area contributed by atoms with Crippen LogP contribution in [-0.2, 0) is 19.1 Å². The van der Waals surface area contributed by atoms with Gasteiger partial charge in [0.25, 0.3) is 0 Å². The summed E-state index contributed by atoms with van der Waals surface area (Å²) in [6.07, 6.45) is 79.4. The Morgan fingerprint density at radius 2 is 0.652 bits per heavy atom. The number of ether oxygens (including phenoxy) is 2. The number of aliphatic hydroxyl groups is 1. The Labute approximate surface area is 408 Å². The van der Waals surface area contributed by atoms with E-state index < -0.39 is 6.10 Å². The van der Waals surface area contributed by atoms with Crippen molar-refractivity contribution in [3.63, 3.8) is 0 Å². The Kier molecular flexibility index (Phi) is 53.4. The Hall–Kier alpha value is -3.18. The maximum atomic E-state index is 12.3. The zero-order chi connectivity index (χ0) is 47.7. The second-order valence-corrected chi connectivity index (χ2v) is 18.3. The Morgan fingerprint density at radius 3 is 1.00 bits per heavy atom. The van der Waals surface area contributed by atoms with Gasteiger partial charge in [-0.25, -0.2) is 0 Å². The normalized spacial score (nSPS) is 13.0. The van der Waals surface area contributed by atoms with E-state index in [1.165, 1.54) is 141 Å². The third-order valence-electron chi connectivity index (χ3n) is 11.9. The smallest absolute Gasteiger partial charge is 0.306 e. The van der Waals surface area contributed by atoms with Gasteiger partial charge in [-0.15, -0.1) is 0 Å². The molecule has 0 aliphatic carbocycles. The molecule has 0 amide bonds. The number of rotatable bonds is 50. The van der Waals surface area contributed by atoms with Crippen molar-refractivity contribution in [1.82, 2.24) is 0 Å². The van der Waals surface area contributed by atoms with Crippen LogP contribution in [0.3, 0.4) is 0 Å². The van der Waals surface area contributed by atoms with Gasteiger partial charge in [-0.3, -0.25) is 9.59 Å². The lowest BCUT2D eigenvalue weighted by Crippen LogP contribution is -2.28. The second kappa shape index (κ2) is 56.1. The van der Waals surface area contributed by atoms with Gasteiger partial charge in [0.2, 0.25) is 0 Å². The molecule has 0 saturated carbocycles.